The minimum atomic E-state index is -0.264. The van der Waals surface area contributed by atoms with Crippen molar-refractivity contribution in [3.05, 3.63) is 43.0 Å². The average molecular weight is 349 g/mol. The Labute approximate surface area is 150 Å². The number of pyridine rings is 1. The van der Waals surface area contributed by atoms with E-state index in [0.29, 0.717) is 12.5 Å². The number of hydrogen-bond acceptors (Lipinski definition) is 6. The Bertz CT molecular complexity index is 909. The first-order valence-corrected chi connectivity index (χ1v) is 8.54. The van der Waals surface area contributed by atoms with Crippen LogP contribution in [0.4, 0.5) is 5.95 Å². The number of nitrogens with two attached hydrogens (primary N) is 1. The van der Waals surface area contributed by atoms with Gasteiger partial charge in [-0.3, -0.25) is 14.9 Å². The lowest BCUT2D eigenvalue weighted by molar-refractivity contribution is -0.122. The number of amides is 1. The zero-order valence-corrected chi connectivity index (χ0v) is 14.2. The van der Waals surface area contributed by atoms with E-state index in [0.717, 1.165) is 41.9 Å². The maximum atomic E-state index is 11.5. The molecule has 1 atom stereocenters. The highest BCUT2D eigenvalue weighted by atomic mass is 16.1. The third kappa shape index (κ3) is 3.13. The van der Waals surface area contributed by atoms with Gasteiger partial charge in [0.15, 0.2) is 0 Å². The van der Waals surface area contributed by atoms with Gasteiger partial charge in [0.05, 0.1) is 23.5 Å². The Hall–Kier alpha value is -3.29. The molecule has 0 aromatic carbocycles. The highest BCUT2D eigenvalue weighted by molar-refractivity contribution is 5.79. The van der Waals surface area contributed by atoms with Crippen molar-refractivity contribution in [3.8, 4) is 22.5 Å². The van der Waals surface area contributed by atoms with E-state index in [9.17, 15) is 4.79 Å². The zero-order valence-electron chi connectivity index (χ0n) is 14.2. The van der Waals surface area contributed by atoms with Crippen LogP contribution in [0, 0.1) is 5.92 Å². The Morgan fingerprint density at radius 3 is 3.00 bits per heavy atom. The molecule has 4 rings (SSSR count). The van der Waals surface area contributed by atoms with Gasteiger partial charge in [0.1, 0.15) is 0 Å². The molecule has 0 spiro atoms. The van der Waals surface area contributed by atoms with Gasteiger partial charge >= 0.3 is 0 Å². The maximum absolute atomic E-state index is 11.5. The van der Waals surface area contributed by atoms with E-state index in [1.807, 2.05) is 23.1 Å². The number of aromatic nitrogens is 5. The quantitative estimate of drug-likeness (QED) is 0.740. The van der Waals surface area contributed by atoms with Gasteiger partial charge in [-0.1, -0.05) is 0 Å². The number of hydrogen-bond donors (Lipinski definition) is 2. The van der Waals surface area contributed by atoms with Crippen LogP contribution in [-0.4, -0.2) is 44.1 Å². The third-order valence-corrected chi connectivity index (χ3v) is 4.61. The third-order valence-electron chi connectivity index (χ3n) is 4.61. The van der Waals surface area contributed by atoms with E-state index >= 15 is 0 Å². The van der Waals surface area contributed by atoms with Crippen molar-refractivity contribution >= 4 is 11.9 Å². The molecule has 26 heavy (non-hydrogen) atoms. The monoisotopic (exact) mass is 349 g/mol. The SMILES string of the molecule is NC(=O)[C@H]1CCCN(c2nccc(-c3cn[nH]c3-c3cccnc3)n2)C1. The van der Waals surface area contributed by atoms with Gasteiger partial charge in [-0.2, -0.15) is 5.10 Å². The van der Waals surface area contributed by atoms with E-state index in [2.05, 4.69) is 20.2 Å². The number of rotatable bonds is 4. The molecule has 8 nitrogen and oxygen atoms in total. The minimum absolute atomic E-state index is 0.157. The summed E-state index contributed by atoms with van der Waals surface area (Å²) < 4.78 is 0. The number of primary amides is 1. The highest BCUT2D eigenvalue weighted by Crippen LogP contribution is 2.29. The molecule has 1 amide bonds. The molecule has 0 saturated carbocycles. The van der Waals surface area contributed by atoms with E-state index in [1.54, 1.807) is 24.8 Å². The molecule has 132 valence electrons. The fourth-order valence-electron chi connectivity index (χ4n) is 3.25. The van der Waals surface area contributed by atoms with Crippen molar-refractivity contribution in [2.45, 2.75) is 12.8 Å². The molecule has 0 aliphatic carbocycles. The number of anilines is 1. The van der Waals surface area contributed by atoms with Gasteiger partial charge in [-0.05, 0) is 31.0 Å². The van der Waals surface area contributed by atoms with Crippen LogP contribution < -0.4 is 10.6 Å². The number of H-pyrrole nitrogens is 1. The number of piperidine rings is 1. The van der Waals surface area contributed by atoms with E-state index in [-0.39, 0.29) is 11.8 Å². The molecule has 1 aliphatic rings. The number of nitrogens with zero attached hydrogens (tertiary/aromatic N) is 5. The van der Waals surface area contributed by atoms with Crippen LogP contribution in [0.3, 0.4) is 0 Å². The van der Waals surface area contributed by atoms with Crippen LogP contribution in [0.25, 0.3) is 22.5 Å². The van der Waals surface area contributed by atoms with Gasteiger partial charge in [0, 0.05) is 42.8 Å². The summed E-state index contributed by atoms with van der Waals surface area (Å²) in [5.74, 6) is 0.183. The van der Waals surface area contributed by atoms with Gasteiger partial charge in [-0.15, -0.1) is 0 Å². The van der Waals surface area contributed by atoms with Crippen molar-refractivity contribution in [2.75, 3.05) is 18.0 Å². The first-order valence-electron chi connectivity index (χ1n) is 8.54. The predicted molar refractivity (Wildman–Crippen MR) is 97.0 cm³/mol. The second-order valence-electron chi connectivity index (χ2n) is 6.33. The fourth-order valence-corrected chi connectivity index (χ4v) is 3.25. The van der Waals surface area contributed by atoms with E-state index in [4.69, 9.17) is 10.7 Å². The van der Waals surface area contributed by atoms with Crippen LogP contribution in [-0.2, 0) is 4.79 Å². The van der Waals surface area contributed by atoms with Gasteiger partial charge < -0.3 is 10.6 Å². The van der Waals surface area contributed by atoms with Crippen LogP contribution >= 0.6 is 0 Å². The van der Waals surface area contributed by atoms with Crippen molar-refractivity contribution in [1.29, 1.82) is 0 Å². The normalized spacial score (nSPS) is 17.2. The summed E-state index contributed by atoms with van der Waals surface area (Å²) in [5.41, 5.74) is 8.92. The van der Waals surface area contributed by atoms with Crippen LogP contribution in [0.5, 0.6) is 0 Å². The fraction of sp³-hybridized carbons (Fsp3) is 0.278. The summed E-state index contributed by atoms with van der Waals surface area (Å²) in [6.07, 6.45) is 8.70. The number of aromatic amines is 1. The number of nitrogens with one attached hydrogen (secondary N) is 1. The van der Waals surface area contributed by atoms with Gasteiger partial charge in [0.2, 0.25) is 11.9 Å². The summed E-state index contributed by atoms with van der Waals surface area (Å²) >= 11 is 0. The second kappa shape index (κ2) is 6.91. The topological polar surface area (TPSA) is 114 Å². The van der Waals surface area contributed by atoms with Crippen LogP contribution in [0.1, 0.15) is 12.8 Å². The average Bonchev–Trinajstić information content (AvgIpc) is 3.19. The number of carbonyl (C=O) groups excluding carboxylic acids is 1. The molecular weight excluding hydrogens is 330 g/mol. The predicted octanol–water partition coefficient (Wildman–Crippen LogP) is 1.63. The minimum Gasteiger partial charge on any atom is -0.369 e. The van der Waals surface area contributed by atoms with Crippen molar-refractivity contribution in [1.82, 2.24) is 25.1 Å². The molecule has 1 fully saturated rings. The summed E-state index contributed by atoms with van der Waals surface area (Å²) in [6, 6.07) is 5.70. The van der Waals surface area contributed by atoms with Gasteiger partial charge in [-0.25, -0.2) is 9.97 Å². The molecule has 4 heterocycles. The van der Waals surface area contributed by atoms with Crippen molar-refractivity contribution in [2.24, 2.45) is 11.7 Å². The van der Waals surface area contributed by atoms with Crippen molar-refractivity contribution in [3.63, 3.8) is 0 Å². The smallest absolute Gasteiger partial charge is 0.225 e. The molecule has 0 bridgehead atoms. The lowest BCUT2D eigenvalue weighted by atomic mass is 9.98. The summed E-state index contributed by atoms with van der Waals surface area (Å²) in [5, 5.41) is 7.18. The Morgan fingerprint density at radius 2 is 2.19 bits per heavy atom. The summed E-state index contributed by atoms with van der Waals surface area (Å²) in [4.78, 5) is 26.8. The maximum Gasteiger partial charge on any atom is 0.225 e. The molecule has 3 N–H and O–H groups in total. The molecule has 3 aromatic rings. The zero-order chi connectivity index (χ0) is 17.9. The molecule has 1 aliphatic heterocycles. The van der Waals surface area contributed by atoms with Crippen LogP contribution in [0.15, 0.2) is 43.0 Å². The first-order chi connectivity index (χ1) is 12.7. The van der Waals surface area contributed by atoms with Crippen LogP contribution in [0.2, 0.25) is 0 Å². The number of carbonyl (C=O) groups is 1. The molecule has 0 unspecified atom stereocenters. The van der Waals surface area contributed by atoms with E-state index < -0.39 is 0 Å². The highest BCUT2D eigenvalue weighted by Gasteiger charge is 2.25. The first kappa shape index (κ1) is 16.2. The standard InChI is InChI=1S/C18H19N7O/c19-17(26)13-4-2-8-25(11-13)18-21-7-5-15(23-18)14-10-22-24-16(14)12-3-1-6-20-9-12/h1,3,5-7,9-10,13H,2,4,8,11H2,(H2,19,26)(H,22,24)/t13-/m0/s1. The molecule has 8 heteroatoms. The Kier molecular flexibility index (Phi) is 4.30. The molecular formula is C18H19N7O. The summed E-state index contributed by atoms with van der Waals surface area (Å²) in [6.45, 7) is 1.37. The summed E-state index contributed by atoms with van der Waals surface area (Å²) in [7, 11) is 0. The van der Waals surface area contributed by atoms with Crippen molar-refractivity contribution < 1.29 is 4.79 Å². The Balaban J connectivity index is 1.65. The lowest BCUT2D eigenvalue weighted by Crippen LogP contribution is -2.41. The van der Waals surface area contributed by atoms with E-state index in [1.165, 1.54) is 0 Å². The largest absolute Gasteiger partial charge is 0.369 e. The molecule has 1 saturated heterocycles. The molecule has 0 radical (unpaired) electrons. The Morgan fingerprint density at radius 1 is 1.27 bits per heavy atom. The molecule has 3 aromatic heterocycles. The lowest BCUT2D eigenvalue weighted by Gasteiger charge is -2.31. The van der Waals surface area contributed by atoms with Gasteiger partial charge in [0.25, 0.3) is 0 Å². The second-order valence-corrected chi connectivity index (χ2v) is 6.33.